The van der Waals surface area contributed by atoms with Crippen molar-refractivity contribution in [1.29, 1.82) is 0 Å². The van der Waals surface area contributed by atoms with Crippen LogP contribution in [0.4, 0.5) is 14.9 Å². The maximum atomic E-state index is 13.4. The van der Waals surface area contributed by atoms with E-state index in [1.54, 1.807) is 16.5 Å². The minimum Gasteiger partial charge on any atom is -0.321 e. The topological polar surface area (TPSA) is 54.3 Å². The van der Waals surface area contributed by atoms with E-state index in [2.05, 4.69) is 5.32 Å². The number of hydrogen-bond donors (Lipinski definition) is 1. The first-order valence-electron chi connectivity index (χ1n) is 9.49. The van der Waals surface area contributed by atoms with Gasteiger partial charge in [-0.15, -0.1) is 0 Å². The molecule has 1 aliphatic rings. The third kappa shape index (κ3) is 3.72. The van der Waals surface area contributed by atoms with E-state index < -0.39 is 5.82 Å². The summed E-state index contributed by atoms with van der Waals surface area (Å²) < 4.78 is 15.1. The number of nitrogens with one attached hydrogen (secondary N) is 1. The smallest absolute Gasteiger partial charge is 0.321 e. The van der Waals surface area contributed by atoms with Crippen LogP contribution in [0.25, 0.3) is 10.8 Å². The minimum absolute atomic E-state index is 0.00658. The largest absolute Gasteiger partial charge is 0.322 e. The van der Waals surface area contributed by atoms with Gasteiger partial charge in [0.2, 0.25) is 0 Å². The molecule has 0 aliphatic heterocycles. The van der Waals surface area contributed by atoms with Gasteiger partial charge in [0, 0.05) is 30.4 Å². The highest BCUT2D eigenvalue weighted by Crippen LogP contribution is 2.36. The van der Waals surface area contributed by atoms with Crippen LogP contribution in [0.3, 0.4) is 0 Å². The van der Waals surface area contributed by atoms with Crippen molar-refractivity contribution in [2.24, 2.45) is 0 Å². The van der Waals surface area contributed by atoms with E-state index >= 15 is 0 Å². The summed E-state index contributed by atoms with van der Waals surface area (Å²) in [7, 11) is 1.69. The maximum Gasteiger partial charge on any atom is 0.322 e. The van der Waals surface area contributed by atoms with Crippen molar-refractivity contribution in [2.45, 2.75) is 31.8 Å². The molecule has 1 saturated carbocycles. The molecule has 0 unspecified atom stereocenters. The normalized spacial score (nSPS) is 14.6. The van der Waals surface area contributed by atoms with E-state index in [4.69, 9.17) is 11.6 Å². The van der Waals surface area contributed by atoms with Gasteiger partial charge in [-0.1, -0.05) is 29.8 Å². The fourth-order valence-electron chi connectivity index (χ4n) is 3.47. The fourth-order valence-corrected chi connectivity index (χ4v) is 3.65. The lowest BCUT2D eigenvalue weighted by Crippen LogP contribution is -2.34. The van der Waals surface area contributed by atoms with Crippen molar-refractivity contribution in [3.8, 4) is 0 Å². The second-order valence-electron chi connectivity index (χ2n) is 7.42. The minimum atomic E-state index is -0.541. The summed E-state index contributed by atoms with van der Waals surface area (Å²) in [5, 5.41) is 4.18. The number of amides is 2. The van der Waals surface area contributed by atoms with E-state index in [9.17, 15) is 14.0 Å². The maximum absolute atomic E-state index is 13.4. The van der Waals surface area contributed by atoms with Gasteiger partial charge in [0.25, 0.3) is 5.56 Å². The number of carbonyl (C=O) groups is 1. The zero-order chi connectivity index (χ0) is 20.7. The molecule has 1 aliphatic carbocycles. The molecule has 1 fully saturated rings. The summed E-state index contributed by atoms with van der Waals surface area (Å²) >= 11 is 5.80. The van der Waals surface area contributed by atoms with Crippen LogP contribution in [0.5, 0.6) is 0 Å². The zero-order valence-corrected chi connectivity index (χ0v) is 16.9. The van der Waals surface area contributed by atoms with E-state index in [0.29, 0.717) is 11.1 Å². The summed E-state index contributed by atoms with van der Waals surface area (Å²) in [5.74, 6) is -0.541. The summed E-state index contributed by atoms with van der Waals surface area (Å²) in [6.45, 7) is 1.92. The molecule has 29 heavy (non-hydrogen) atoms. The Hall–Kier alpha value is -2.86. The Kier molecular flexibility index (Phi) is 5.04. The van der Waals surface area contributed by atoms with E-state index in [-0.39, 0.29) is 28.7 Å². The van der Waals surface area contributed by atoms with Crippen LogP contribution in [-0.2, 0) is 0 Å². The Bertz CT molecular complexity index is 1160. The lowest BCUT2D eigenvalue weighted by molar-refractivity contribution is 0.208. The molecule has 0 radical (unpaired) electrons. The molecule has 0 spiro atoms. The van der Waals surface area contributed by atoms with Gasteiger partial charge in [0.05, 0.1) is 11.1 Å². The number of anilines is 1. The van der Waals surface area contributed by atoms with E-state index in [1.165, 1.54) is 18.2 Å². The van der Waals surface area contributed by atoms with Crippen LogP contribution in [0.2, 0.25) is 5.02 Å². The highest BCUT2D eigenvalue weighted by atomic mass is 35.5. The molecule has 0 saturated heterocycles. The van der Waals surface area contributed by atoms with Gasteiger partial charge in [0.15, 0.2) is 0 Å². The molecule has 4 rings (SSSR count). The first-order chi connectivity index (χ1) is 13.9. The monoisotopic (exact) mass is 413 g/mol. The molecule has 3 aromatic rings. The average Bonchev–Trinajstić information content (AvgIpc) is 3.55. The van der Waals surface area contributed by atoms with Crippen molar-refractivity contribution < 1.29 is 9.18 Å². The second-order valence-corrected chi connectivity index (χ2v) is 7.83. The summed E-state index contributed by atoms with van der Waals surface area (Å²) in [4.78, 5) is 27.1. The number of hydrogen-bond acceptors (Lipinski definition) is 2. The van der Waals surface area contributed by atoms with Gasteiger partial charge in [-0.05, 0) is 55.0 Å². The van der Waals surface area contributed by atoms with Gasteiger partial charge < -0.3 is 14.8 Å². The number of carbonyl (C=O) groups excluding carboxylic acids is 1. The molecule has 150 valence electrons. The molecule has 2 amide bonds. The van der Waals surface area contributed by atoms with Crippen LogP contribution < -0.4 is 10.9 Å². The molecule has 5 nitrogen and oxygen atoms in total. The Labute approximate surface area is 172 Å². The Morgan fingerprint density at radius 2 is 1.93 bits per heavy atom. The summed E-state index contributed by atoms with van der Waals surface area (Å²) in [6, 6.07) is 11.1. The van der Waals surface area contributed by atoms with Crippen LogP contribution >= 0.6 is 11.6 Å². The number of urea groups is 1. The molecule has 0 bridgehead atoms. The molecule has 1 aromatic heterocycles. The van der Waals surface area contributed by atoms with Crippen molar-refractivity contribution in [3.05, 3.63) is 75.4 Å². The first kappa shape index (κ1) is 19.5. The molecule has 7 heteroatoms. The van der Waals surface area contributed by atoms with Crippen molar-refractivity contribution in [2.75, 3.05) is 12.4 Å². The van der Waals surface area contributed by atoms with Gasteiger partial charge in [-0.3, -0.25) is 4.79 Å². The molecular weight excluding hydrogens is 393 g/mol. The fraction of sp³-hybridized carbons (Fsp3) is 0.273. The predicted octanol–water partition coefficient (Wildman–Crippen LogP) is 5.35. The van der Waals surface area contributed by atoms with Crippen LogP contribution in [0.15, 0.2) is 53.5 Å². The highest BCUT2D eigenvalue weighted by Gasteiger charge is 2.28. The SMILES string of the molecule is C[C@H](c1cn(C2CC2)c(=O)c2ccccc12)N(C)C(=O)Nc1ccc(F)c(Cl)c1. The summed E-state index contributed by atoms with van der Waals surface area (Å²) in [5.41, 5.74) is 1.32. The Morgan fingerprint density at radius 1 is 1.24 bits per heavy atom. The zero-order valence-electron chi connectivity index (χ0n) is 16.2. The quantitative estimate of drug-likeness (QED) is 0.626. The Morgan fingerprint density at radius 3 is 2.59 bits per heavy atom. The number of rotatable bonds is 4. The Balaban J connectivity index is 1.66. The average molecular weight is 414 g/mol. The first-order valence-corrected chi connectivity index (χ1v) is 9.87. The molecular formula is C22H21ClFN3O2. The van der Waals surface area contributed by atoms with Crippen LogP contribution in [0.1, 0.15) is 37.4 Å². The lowest BCUT2D eigenvalue weighted by Gasteiger charge is -2.27. The highest BCUT2D eigenvalue weighted by molar-refractivity contribution is 6.31. The standard InChI is InChI=1S/C22H21ClFN3O2/c1-13(26(2)22(29)25-14-7-10-20(24)19(23)11-14)18-12-27(15-8-9-15)21(28)17-6-4-3-5-16(17)18/h3-7,10-13,15H,8-9H2,1-2H3,(H,25,29)/t13-/m1/s1. The molecule has 2 aromatic carbocycles. The van der Waals surface area contributed by atoms with Gasteiger partial charge >= 0.3 is 6.03 Å². The third-order valence-corrected chi connectivity index (χ3v) is 5.73. The lowest BCUT2D eigenvalue weighted by atomic mass is 10.0. The van der Waals surface area contributed by atoms with Crippen LogP contribution in [-0.4, -0.2) is 22.5 Å². The number of fused-ring (bicyclic) bond motifs is 1. The molecule has 1 atom stereocenters. The van der Waals surface area contributed by atoms with E-state index in [0.717, 1.165) is 23.8 Å². The second kappa shape index (κ2) is 7.52. The van der Waals surface area contributed by atoms with Crippen molar-refractivity contribution >= 4 is 34.1 Å². The number of aromatic nitrogens is 1. The summed E-state index contributed by atoms with van der Waals surface area (Å²) in [6.07, 6.45) is 3.87. The van der Waals surface area contributed by atoms with Gasteiger partial charge in [-0.2, -0.15) is 0 Å². The van der Waals surface area contributed by atoms with Gasteiger partial charge in [0.1, 0.15) is 5.82 Å². The number of nitrogens with zero attached hydrogens (tertiary/aromatic N) is 2. The van der Waals surface area contributed by atoms with Crippen LogP contribution in [0, 0.1) is 5.82 Å². The van der Waals surface area contributed by atoms with E-state index in [1.807, 2.05) is 37.4 Å². The van der Waals surface area contributed by atoms with Crippen molar-refractivity contribution in [1.82, 2.24) is 9.47 Å². The molecule has 1 heterocycles. The number of benzene rings is 2. The third-order valence-electron chi connectivity index (χ3n) is 5.44. The van der Waals surface area contributed by atoms with Gasteiger partial charge in [-0.25, -0.2) is 9.18 Å². The molecule has 1 N–H and O–H groups in total. The van der Waals surface area contributed by atoms with Crippen molar-refractivity contribution in [3.63, 3.8) is 0 Å². The number of halogens is 2. The number of pyridine rings is 1. The predicted molar refractivity (Wildman–Crippen MR) is 113 cm³/mol.